The van der Waals surface area contributed by atoms with Gasteiger partial charge in [0.15, 0.2) is 0 Å². The number of carbonyl (C=O) groups excluding carboxylic acids is 1. The van der Waals surface area contributed by atoms with Crippen LogP contribution in [0.2, 0.25) is 0 Å². The van der Waals surface area contributed by atoms with E-state index in [1.54, 1.807) is 6.07 Å². The van der Waals surface area contributed by atoms with Crippen molar-refractivity contribution in [2.45, 2.75) is 38.8 Å². The molecule has 1 aromatic heterocycles. The fourth-order valence-corrected chi connectivity index (χ4v) is 1.53. The number of rotatable bonds is 7. The molecule has 0 aliphatic heterocycles. The second-order valence-electron chi connectivity index (χ2n) is 4.32. The van der Waals surface area contributed by atoms with Crippen molar-refractivity contribution >= 4 is 11.9 Å². The maximum absolute atomic E-state index is 11.6. The van der Waals surface area contributed by atoms with Gasteiger partial charge in [-0.1, -0.05) is 25.8 Å². The Hall–Kier alpha value is -1.95. The Morgan fingerprint density at radius 2 is 2.21 bits per heavy atom. The van der Waals surface area contributed by atoms with E-state index in [0.29, 0.717) is 13.0 Å². The molecule has 0 spiro atoms. The molecule has 1 rings (SSSR count). The van der Waals surface area contributed by atoms with E-state index in [0.717, 1.165) is 18.4 Å². The van der Waals surface area contributed by atoms with Gasteiger partial charge in [0, 0.05) is 12.7 Å². The number of nitrogens with zero attached hydrogens (tertiary/aromatic N) is 1. The Bertz CT molecular complexity index is 431. The van der Waals surface area contributed by atoms with Crippen LogP contribution in [0.5, 0.6) is 0 Å². The summed E-state index contributed by atoms with van der Waals surface area (Å²) in [5.41, 5.74) is 6.44. The number of carbonyl (C=O) groups is 2. The van der Waals surface area contributed by atoms with Crippen molar-refractivity contribution in [2.24, 2.45) is 5.73 Å². The largest absolute Gasteiger partial charge is 0.477 e. The first-order chi connectivity index (χ1) is 9.04. The van der Waals surface area contributed by atoms with Crippen LogP contribution in [0.4, 0.5) is 0 Å². The van der Waals surface area contributed by atoms with E-state index in [1.165, 1.54) is 12.3 Å². The normalized spacial score (nSPS) is 11.9. The van der Waals surface area contributed by atoms with Crippen molar-refractivity contribution < 1.29 is 14.7 Å². The zero-order valence-electron chi connectivity index (χ0n) is 10.9. The van der Waals surface area contributed by atoms with Gasteiger partial charge in [-0.2, -0.15) is 0 Å². The van der Waals surface area contributed by atoms with Gasteiger partial charge in [-0.05, 0) is 18.1 Å². The summed E-state index contributed by atoms with van der Waals surface area (Å²) >= 11 is 0. The summed E-state index contributed by atoms with van der Waals surface area (Å²) in [6, 6.07) is 2.53. The fourth-order valence-electron chi connectivity index (χ4n) is 1.53. The molecule has 1 heterocycles. The number of carboxylic acids is 1. The highest BCUT2D eigenvalue weighted by molar-refractivity contribution is 5.85. The van der Waals surface area contributed by atoms with E-state index in [1.807, 2.05) is 6.92 Å². The second-order valence-corrected chi connectivity index (χ2v) is 4.32. The summed E-state index contributed by atoms with van der Waals surface area (Å²) < 4.78 is 0. The summed E-state index contributed by atoms with van der Waals surface area (Å²) in [6.07, 6.45) is 4.02. The molecule has 0 aliphatic rings. The molecule has 19 heavy (non-hydrogen) atoms. The van der Waals surface area contributed by atoms with Crippen molar-refractivity contribution in [3.63, 3.8) is 0 Å². The van der Waals surface area contributed by atoms with Gasteiger partial charge in [-0.3, -0.25) is 4.79 Å². The number of unbranched alkanes of at least 4 members (excludes halogenated alkanes) is 1. The van der Waals surface area contributed by atoms with Crippen LogP contribution >= 0.6 is 0 Å². The third-order valence-corrected chi connectivity index (χ3v) is 2.72. The quantitative estimate of drug-likeness (QED) is 0.679. The molecule has 0 aromatic carbocycles. The van der Waals surface area contributed by atoms with E-state index in [4.69, 9.17) is 10.8 Å². The number of pyridine rings is 1. The molecule has 1 unspecified atom stereocenters. The molecule has 0 saturated carbocycles. The number of nitrogens with two attached hydrogens (primary N) is 1. The molecule has 0 bridgehead atoms. The first-order valence-corrected chi connectivity index (χ1v) is 6.26. The predicted molar refractivity (Wildman–Crippen MR) is 70.5 cm³/mol. The van der Waals surface area contributed by atoms with Gasteiger partial charge in [0.1, 0.15) is 5.69 Å². The number of aromatic nitrogens is 1. The number of amides is 1. The summed E-state index contributed by atoms with van der Waals surface area (Å²) in [5.74, 6) is -1.27. The molecule has 104 valence electrons. The van der Waals surface area contributed by atoms with Gasteiger partial charge < -0.3 is 16.2 Å². The van der Waals surface area contributed by atoms with Crippen LogP contribution in [-0.2, 0) is 11.3 Å². The molecule has 0 radical (unpaired) electrons. The molecule has 1 amide bonds. The predicted octanol–water partition coefficient (Wildman–Crippen LogP) is 0.913. The SMILES string of the molecule is CCCCC(N)C(=O)NCc1ccc(C(=O)O)nc1. The van der Waals surface area contributed by atoms with Crippen molar-refractivity contribution in [1.82, 2.24) is 10.3 Å². The van der Waals surface area contributed by atoms with Gasteiger partial charge >= 0.3 is 5.97 Å². The maximum Gasteiger partial charge on any atom is 0.354 e. The van der Waals surface area contributed by atoms with Crippen molar-refractivity contribution in [3.8, 4) is 0 Å². The minimum atomic E-state index is -1.07. The molecule has 6 heteroatoms. The van der Waals surface area contributed by atoms with Crippen molar-refractivity contribution in [2.75, 3.05) is 0 Å². The second kappa shape index (κ2) is 7.48. The lowest BCUT2D eigenvalue weighted by Gasteiger charge is -2.11. The van der Waals surface area contributed by atoms with E-state index in [-0.39, 0.29) is 11.6 Å². The Morgan fingerprint density at radius 3 is 2.74 bits per heavy atom. The summed E-state index contributed by atoms with van der Waals surface area (Å²) in [7, 11) is 0. The molecule has 4 N–H and O–H groups in total. The first kappa shape index (κ1) is 15.1. The molecule has 1 aromatic rings. The lowest BCUT2D eigenvalue weighted by Crippen LogP contribution is -2.40. The molecular formula is C13H19N3O3. The minimum absolute atomic E-state index is 0.0188. The van der Waals surface area contributed by atoms with Crippen LogP contribution in [0, 0.1) is 0 Å². The van der Waals surface area contributed by atoms with Crippen LogP contribution in [0.1, 0.15) is 42.2 Å². The van der Waals surface area contributed by atoms with Crippen LogP contribution in [0.15, 0.2) is 18.3 Å². The summed E-state index contributed by atoms with van der Waals surface area (Å²) in [4.78, 5) is 26.0. The topological polar surface area (TPSA) is 105 Å². The van der Waals surface area contributed by atoms with Crippen molar-refractivity contribution in [1.29, 1.82) is 0 Å². The van der Waals surface area contributed by atoms with Gasteiger partial charge in [0.25, 0.3) is 0 Å². The maximum atomic E-state index is 11.6. The fraction of sp³-hybridized carbons (Fsp3) is 0.462. The Morgan fingerprint density at radius 1 is 1.47 bits per heavy atom. The highest BCUT2D eigenvalue weighted by Crippen LogP contribution is 2.02. The molecule has 1 atom stereocenters. The van der Waals surface area contributed by atoms with E-state index in [9.17, 15) is 9.59 Å². The minimum Gasteiger partial charge on any atom is -0.477 e. The first-order valence-electron chi connectivity index (χ1n) is 6.26. The zero-order valence-corrected chi connectivity index (χ0v) is 10.9. The third-order valence-electron chi connectivity index (χ3n) is 2.72. The molecule has 6 nitrogen and oxygen atoms in total. The van der Waals surface area contributed by atoms with E-state index >= 15 is 0 Å². The number of hydrogen-bond donors (Lipinski definition) is 3. The molecular weight excluding hydrogens is 246 g/mol. The van der Waals surface area contributed by atoms with E-state index < -0.39 is 12.0 Å². The van der Waals surface area contributed by atoms with Gasteiger partial charge in [-0.25, -0.2) is 9.78 Å². The van der Waals surface area contributed by atoms with Gasteiger partial charge in [-0.15, -0.1) is 0 Å². The highest BCUT2D eigenvalue weighted by Gasteiger charge is 2.12. The van der Waals surface area contributed by atoms with Crippen molar-refractivity contribution in [3.05, 3.63) is 29.6 Å². The Labute approximate surface area is 112 Å². The summed E-state index contributed by atoms with van der Waals surface area (Å²) in [5, 5.41) is 11.4. The highest BCUT2D eigenvalue weighted by atomic mass is 16.4. The smallest absolute Gasteiger partial charge is 0.354 e. The standard InChI is InChI=1S/C13H19N3O3/c1-2-3-4-10(14)12(17)16-8-9-5-6-11(13(18)19)15-7-9/h5-7,10H,2-4,8,14H2,1H3,(H,16,17)(H,18,19). The van der Waals surface area contributed by atoms with Crippen LogP contribution in [-0.4, -0.2) is 28.0 Å². The van der Waals surface area contributed by atoms with Gasteiger partial charge in [0.05, 0.1) is 6.04 Å². The molecule has 0 saturated heterocycles. The zero-order chi connectivity index (χ0) is 14.3. The lowest BCUT2D eigenvalue weighted by molar-refractivity contribution is -0.122. The average Bonchev–Trinajstić information content (AvgIpc) is 2.42. The number of carboxylic acid groups (broad SMARTS) is 1. The average molecular weight is 265 g/mol. The number of aromatic carboxylic acids is 1. The van der Waals surface area contributed by atoms with Crippen LogP contribution in [0.25, 0.3) is 0 Å². The molecule has 0 fully saturated rings. The third kappa shape index (κ3) is 5.05. The number of nitrogens with one attached hydrogen (secondary N) is 1. The number of hydrogen-bond acceptors (Lipinski definition) is 4. The Kier molecular flexibility index (Phi) is 5.95. The summed E-state index contributed by atoms with van der Waals surface area (Å²) in [6.45, 7) is 2.34. The van der Waals surface area contributed by atoms with Crippen LogP contribution < -0.4 is 11.1 Å². The Balaban J connectivity index is 2.43. The molecule has 0 aliphatic carbocycles. The van der Waals surface area contributed by atoms with Crippen LogP contribution in [0.3, 0.4) is 0 Å². The van der Waals surface area contributed by atoms with E-state index in [2.05, 4.69) is 10.3 Å². The van der Waals surface area contributed by atoms with Gasteiger partial charge in [0.2, 0.25) is 5.91 Å². The lowest BCUT2D eigenvalue weighted by atomic mass is 10.1. The monoisotopic (exact) mass is 265 g/mol.